The summed E-state index contributed by atoms with van der Waals surface area (Å²) in [6.45, 7) is 5.47. The maximum absolute atomic E-state index is 13.7. The molecule has 0 radical (unpaired) electrons. The van der Waals surface area contributed by atoms with Gasteiger partial charge in [0, 0.05) is 0 Å². The molecule has 1 heterocycles. The van der Waals surface area contributed by atoms with Gasteiger partial charge in [-0.3, -0.25) is 14.4 Å². The van der Waals surface area contributed by atoms with E-state index in [2.05, 4.69) is 10.6 Å². The highest BCUT2D eigenvalue weighted by Gasteiger charge is 2.27. The highest BCUT2D eigenvalue weighted by molar-refractivity contribution is 7.99. The van der Waals surface area contributed by atoms with Crippen LogP contribution in [-0.2, 0) is 20.1 Å². The number of furan rings is 1. The summed E-state index contributed by atoms with van der Waals surface area (Å²) in [5, 5.41) is 5.52. The van der Waals surface area contributed by atoms with Crippen LogP contribution in [0.15, 0.2) is 47.1 Å². The Morgan fingerprint density at radius 1 is 1.09 bits per heavy atom. The number of amides is 2. The normalized spacial score (nSPS) is 12.7. The first kappa shape index (κ1) is 28.4. The fourth-order valence-corrected chi connectivity index (χ4v) is 4.26. The molecular weight excluding hydrogens is 471 g/mol. The van der Waals surface area contributed by atoms with E-state index in [0.717, 1.165) is 18.6 Å². The predicted molar refractivity (Wildman–Crippen MR) is 135 cm³/mol. The van der Waals surface area contributed by atoms with Gasteiger partial charge in [-0.2, -0.15) is 0 Å². The van der Waals surface area contributed by atoms with Crippen molar-refractivity contribution in [3.63, 3.8) is 0 Å². The second-order valence-electron chi connectivity index (χ2n) is 8.71. The smallest absolute Gasteiger partial charge is 0.258 e. The molecular formula is C26H35FN2O5S. The number of hydrogen-bond acceptors (Lipinski definition) is 6. The number of nitrogens with one attached hydrogen (secondary N) is 2. The molecule has 0 fully saturated rings. The van der Waals surface area contributed by atoms with Crippen LogP contribution in [0.2, 0.25) is 0 Å². The van der Waals surface area contributed by atoms with Crippen molar-refractivity contribution < 1.29 is 27.9 Å². The van der Waals surface area contributed by atoms with Crippen LogP contribution in [0.1, 0.15) is 52.2 Å². The zero-order valence-corrected chi connectivity index (χ0v) is 21.4. The first-order chi connectivity index (χ1) is 16.8. The van der Waals surface area contributed by atoms with Crippen molar-refractivity contribution in [2.45, 2.75) is 64.3 Å². The van der Waals surface area contributed by atoms with Crippen molar-refractivity contribution in [2.24, 2.45) is 5.92 Å². The van der Waals surface area contributed by atoms with Gasteiger partial charge in [0.25, 0.3) is 5.91 Å². The van der Waals surface area contributed by atoms with E-state index in [9.17, 15) is 18.8 Å². The molecule has 7 nitrogen and oxygen atoms in total. The van der Waals surface area contributed by atoms with E-state index < -0.39 is 36.3 Å². The van der Waals surface area contributed by atoms with Crippen LogP contribution in [-0.4, -0.2) is 42.0 Å². The Hall–Kier alpha value is -2.81. The third-order valence-corrected chi connectivity index (χ3v) is 6.15. The van der Waals surface area contributed by atoms with E-state index >= 15 is 0 Å². The van der Waals surface area contributed by atoms with Crippen LogP contribution in [0.5, 0.6) is 5.75 Å². The quantitative estimate of drug-likeness (QED) is 0.348. The maximum atomic E-state index is 13.7. The lowest BCUT2D eigenvalue weighted by atomic mass is 10.0. The number of para-hydroxylation sites is 1. The molecule has 0 saturated carbocycles. The van der Waals surface area contributed by atoms with Crippen molar-refractivity contribution in [2.75, 3.05) is 12.4 Å². The summed E-state index contributed by atoms with van der Waals surface area (Å²) in [6.07, 6.45) is 4.18. The number of thioether (sulfide) groups is 1. The van der Waals surface area contributed by atoms with Crippen molar-refractivity contribution in [1.29, 1.82) is 0 Å². The van der Waals surface area contributed by atoms with Gasteiger partial charge in [-0.25, -0.2) is 4.39 Å². The number of hydrogen-bond donors (Lipinski definition) is 2. The minimum absolute atomic E-state index is 0.0372. The van der Waals surface area contributed by atoms with Crippen molar-refractivity contribution in [1.82, 2.24) is 10.6 Å². The van der Waals surface area contributed by atoms with Crippen LogP contribution in [0.25, 0.3) is 0 Å². The summed E-state index contributed by atoms with van der Waals surface area (Å²) in [6, 6.07) is 7.97. The molecule has 192 valence electrons. The molecule has 2 N–H and O–H groups in total. The van der Waals surface area contributed by atoms with Crippen LogP contribution in [0, 0.1) is 11.7 Å². The lowest BCUT2D eigenvalue weighted by Crippen LogP contribution is -2.53. The second kappa shape index (κ2) is 15.2. The second-order valence-corrected chi connectivity index (χ2v) is 9.70. The van der Waals surface area contributed by atoms with Gasteiger partial charge in [0.05, 0.1) is 23.8 Å². The van der Waals surface area contributed by atoms with Gasteiger partial charge in [-0.15, -0.1) is 11.8 Å². The number of ether oxygens (including phenoxy) is 1. The fraction of sp³-hybridized carbons (Fsp3) is 0.500. The van der Waals surface area contributed by atoms with Gasteiger partial charge in [0.1, 0.15) is 11.8 Å². The summed E-state index contributed by atoms with van der Waals surface area (Å²) in [7, 11) is 0. The molecule has 9 heteroatoms. The van der Waals surface area contributed by atoms with Crippen LogP contribution in [0.4, 0.5) is 4.39 Å². The van der Waals surface area contributed by atoms with Gasteiger partial charge in [-0.05, 0) is 43.0 Å². The first-order valence-electron chi connectivity index (χ1n) is 11.9. The number of halogens is 1. The van der Waals surface area contributed by atoms with Gasteiger partial charge < -0.3 is 19.8 Å². The van der Waals surface area contributed by atoms with E-state index in [-0.39, 0.29) is 23.2 Å². The highest BCUT2D eigenvalue weighted by atomic mass is 32.2. The zero-order valence-electron chi connectivity index (χ0n) is 20.6. The fourth-order valence-electron chi connectivity index (χ4n) is 3.39. The lowest BCUT2D eigenvalue weighted by Gasteiger charge is -2.24. The lowest BCUT2D eigenvalue weighted by molar-refractivity contribution is -0.132. The van der Waals surface area contributed by atoms with Gasteiger partial charge >= 0.3 is 0 Å². The van der Waals surface area contributed by atoms with Gasteiger partial charge in [-0.1, -0.05) is 45.7 Å². The molecule has 2 atom stereocenters. The van der Waals surface area contributed by atoms with E-state index in [1.54, 1.807) is 18.4 Å². The number of carbonyl (C=O) groups excluding carboxylic acids is 3. The average molecular weight is 507 g/mol. The minimum Gasteiger partial charge on any atom is -0.481 e. The number of rotatable bonds is 16. The Labute approximate surface area is 210 Å². The van der Waals surface area contributed by atoms with Gasteiger partial charge in [0.2, 0.25) is 5.91 Å². The molecule has 0 aliphatic rings. The Balaban J connectivity index is 1.95. The highest BCUT2D eigenvalue weighted by Crippen LogP contribution is 2.16. The van der Waals surface area contributed by atoms with E-state index in [1.807, 2.05) is 26.8 Å². The summed E-state index contributed by atoms with van der Waals surface area (Å²) in [5.41, 5.74) is 0. The number of Topliss-reactive ketones (excluding diaryl/α,β-unsaturated/α-hetero) is 1. The SMILES string of the molecule is CCCCC(NC(=O)C(CC(C)C)NC(=O)COc1ccccc1F)C(=O)CSCc1ccco1. The number of unbranched alkanes of at least 4 members (excludes halogenated alkanes) is 1. The zero-order chi connectivity index (χ0) is 25.6. The number of carbonyl (C=O) groups is 3. The van der Waals surface area contributed by atoms with Crippen LogP contribution < -0.4 is 15.4 Å². The van der Waals surface area contributed by atoms with Crippen molar-refractivity contribution >= 4 is 29.4 Å². The van der Waals surface area contributed by atoms with E-state index in [4.69, 9.17) is 9.15 Å². The molecule has 2 aromatic rings. The Morgan fingerprint density at radius 2 is 1.86 bits per heavy atom. The Kier molecular flexibility index (Phi) is 12.4. The number of ketones is 1. The minimum atomic E-state index is -0.834. The summed E-state index contributed by atoms with van der Waals surface area (Å²) in [4.78, 5) is 38.4. The summed E-state index contributed by atoms with van der Waals surface area (Å²) >= 11 is 1.43. The third kappa shape index (κ3) is 10.5. The third-order valence-electron chi connectivity index (χ3n) is 5.17. The molecule has 2 amide bonds. The molecule has 0 aliphatic heterocycles. The molecule has 2 unspecified atom stereocenters. The molecule has 0 aliphatic carbocycles. The molecule has 2 rings (SSSR count). The summed E-state index contributed by atoms with van der Waals surface area (Å²) in [5.74, 6) is 0.0860. The topological polar surface area (TPSA) is 97.6 Å². The van der Waals surface area contributed by atoms with E-state index in [0.29, 0.717) is 18.6 Å². The number of benzene rings is 1. The average Bonchev–Trinajstić information content (AvgIpc) is 3.34. The molecule has 1 aromatic heterocycles. The van der Waals surface area contributed by atoms with Crippen molar-refractivity contribution in [3.05, 3.63) is 54.2 Å². The Bertz CT molecular complexity index is 936. The van der Waals surface area contributed by atoms with E-state index in [1.165, 1.54) is 30.0 Å². The predicted octanol–water partition coefficient (Wildman–Crippen LogP) is 4.51. The maximum Gasteiger partial charge on any atom is 0.258 e. The Morgan fingerprint density at radius 3 is 2.51 bits per heavy atom. The van der Waals surface area contributed by atoms with Crippen LogP contribution in [0.3, 0.4) is 0 Å². The largest absolute Gasteiger partial charge is 0.481 e. The monoisotopic (exact) mass is 506 g/mol. The summed E-state index contributed by atoms with van der Waals surface area (Å²) < 4.78 is 24.3. The molecule has 0 saturated heterocycles. The molecule has 0 bridgehead atoms. The first-order valence-corrected chi connectivity index (χ1v) is 13.1. The van der Waals surface area contributed by atoms with Crippen LogP contribution >= 0.6 is 11.8 Å². The molecule has 35 heavy (non-hydrogen) atoms. The molecule has 0 spiro atoms. The van der Waals surface area contributed by atoms with Gasteiger partial charge in [0.15, 0.2) is 24.0 Å². The van der Waals surface area contributed by atoms with Crippen molar-refractivity contribution in [3.8, 4) is 5.75 Å². The molecule has 1 aromatic carbocycles. The standard InChI is InChI=1S/C26H35FN2O5S/c1-4-5-11-21(23(30)17-35-16-19-9-8-13-33-19)29-26(32)22(14-18(2)3)28-25(31)15-34-24-12-7-6-10-20(24)27/h6-10,12-13,18,21-22H,4-5,11,14-17H2,1-3H3,(H,28,31)(H,29,32).